The van der Waals surface area contributed by atoms with E-state index in [-0.39, 0.29) is 18.5 Å². The maximum absolute atomic E-state index is 14.1. The third kappa shape index (κ3) is 4.50. The fourth-order valence-corrected chi connectivity index (χ4v) is 7.22. The number of esters is 1. The van der Waals surface area contributed by atoms with Crippen molar-refractivity contribution in [1.82, 2.24) is 4.31 Å². The number of carbonyl (C=O) groups is 3. The van der Waals surface area contributed by atoms with E-state index in [0.29, 0.717) is 17.8 Å². The standard InChI is InChI=1S/C21H22FN3O6S2/c22-13-6-1-2-9-16(13)33(29,30)25-10-4-7-14(25)21(28)31-11-17(26)24-20-18(19(23)27)12-5-3-8-15(12)32-20/h1-2,6,9,14H,3-5,7-8,10-11H2,(H2,23,27)(H,24,26)/t14-/m1/s1. The third-order valence-electron chi connectivity index (χ3n) is 5.67. The van der Waals surface area contributed by atoms with Crippen molar-refractivity contribution < 1.29 is 31.9 Å². The van der Waals surface area contributed by atoms with Crippen molar-refractivity contribution in [3.63, 3.8) is 0 Å². The highest BCUT2D eigenvalue weighted by atomic mass is 32.2. The topological polar surface area (TPSA) is 136 Å². The molecule has 1 saturated heterocycles. The Morgan fingerprint density at radius 2 is 1.97 bits per heavy atom. The van der Waals surface area contributed by atoms with Crippen molar-refractivity contribution in [2.45, 2.75) is 43.0 Å². The molecule has 3 N–H and O–H groups in total. The van der Waals surface area contributed by atoms with Crippen LogP contribution in [-0.4, -0.2) is 49.7 Å². The van der Waals surface area contributed by atoms with Crippen molar-refractivity contribution >= 4 is 44.1 Å². The van der Waals surface area contributed by atoms with Gasteiger partial charge in [-0.2, -0.15) is 4.31 Å². The molecule has 2 aliphatic rings. The maximum Gasteiger partial charge on any atom is 0.324 e. The molecule has 1 aromatic carbocycles. The molecule has 33 heavy (non-hydrogen) atoms. The third-order valence-corrected chi connectivity index (χ3v) is 8.81. The predicted molar refractivity (Wildman–Crippen MR) is 118 cm³/mol. The first-order valence-electron chi connectivity index (χ1n) is 10.4. The van der Waals surface area contributed by atoms with Crippen LogP contribution >= 0.6 is 11.3 Å². The summed E-state index contributed by atoms with van der Waals surface area (Å²) in [6, 6.07) is 3.77. The molecule has 1 atom stereocenters. The number of ether oxygens (including phenoxy) is 1. The minimum absolute atomic E-state index is 0.0331. The van der Waals surface area contributed by atoms with E-state index in [9.17, 15) is 27.2 Å². The summed E-state index contributed by atoms with van der Waals surface area (Å²) >= 11 is 1.27. The number of rotatable bonds is 7. The van der Waals surface area contributed by atoms with Crippen molar-refractivity contribution in [2.75, 3.05) is 18.5 Å². The lowest BCUT2D eigenvalue weighted by Gasteiger charge is -2.22. The van der Waals surface area contributed by atoms with E-state index in [1.807, 2.05) is 0 Å². The summed E-state index contributed by atoms with van der Waals surface area (Å²) in [6.07, 6.45) is 3.02. The molecule has 12 heteroatoms. The van der Waals surface area contributed by atoms with Gasteiger partial charge in [0, 0.05) is 11.4 Å². The van der Waals surface area contributed by atoms with Crippen LogP contribution in [-0.2, 0) is 37.2 Å². The first kappa shape index (κ1) is 23.3. The number of nitrogens with one attached hydrogen (secondary N) is 1. The van der Waals surface area contributed by atoms with Gasteiger partial charge in [0.2, 0.25) is 10.0 Å². The van der Waals surface area contributed by atoms with E-state index in [0.717, 1.165) is 39.7 Å². The number of fused-ring (bicyclic) bond motifs is 1. The maximum atomic E-state index is 14.1. The lowest BCUT2D eigenvalue weighted by Crippen LogP contribution is -2.42. The molecule has 2 amide bonds. The molecule has 2 heterocycles. The second-order valence-electron chi connectivity index (χ2n) is 7.79. The van der Waals surface area contributed by atoms with Gasteiger partial charge in [0.1, 0.15) is 21.8 Å². The number of nitrogens with zero attached hydrogens (tertiary/aromatic N) is 1. The molecule has 0 spiro atoms. The number of primary amides is 1. The van der Waals surface area contributed by atoms with Crippen LogP contribution in [0.25, 0.3) is 0 Å². The summed E-state index contributed by atoms with van der Waals surface area (Å²) in [5, 5.41) is 2.88. The summed E-state index contributed by atoms with van der Waals surface area (Å²) in [5.74, 6) is -3.12. The van der Waals surface area contributed by atoms with Gasteiger partial charge in [0.25, 0.3) is 11.8 Å². The second-order valence-corrected chi connectivity index (χ2v) is 10.7. The quantitative estimate of drug-likeness (QED) is 0.563. The van der Waals surface area contributed by atoms with Gasteiger partial charge >= 0.3 is 5.97 Å². The van der Waals surface area contributed by atoms with Gasteiger partial charge in [-0.3, -0.25) is 14.4 Å². The Morgan fingerprint density at radius 3 is 2.70 bits per heavy atom. The zero-order valence-corrected chi connectivity index (χ0v) is 19.1. The number of hydrogen-bond acceptors (Lipinski definition) is 7. The summed E-state index contributed by atoms with van der Waals surface area (Å²) in [6.45, 7) is -0.630. The van der Waals surface area contributed by atoms with Crippen molar-refractivity contribution in [1.29, 1.82) is 0 Å². The van der Waals surface area contributed by atoms with E-state index in [1.54, 1.807) is 0 Å². The number of sulfonamides is 1. The van der Waals surface area contributed by atoms with Crippen LogP contribution in [0.15, 0.2) is 29.2 Å². The highest BCUT2D eigenvalue weighted by molar-refractivity contribution is 7.89. The fraction of sp³-hybridized carbons (Fsp3) is 0.381. The van der Waals surface area contributed by atoms with Gasteiger partial charge < -0.3 is 15.8 Å². The molecule has 176 valence electrons. The van der Waals surface area contributed by atoms with Crippen LogP contribution in [0.4, 0.5) is 9.39 Å². The molecule has 1 aliphatic heterocycles. The Morgan fingerprint density at radius 1 is 1.21 bits per heavy atom. The monoisotopic (exact) mass is 495 g/mol. The van der Waals surface area contributed by atoms with Crippen LogP contribution in [0.1, 0.15) is 40.1 Å². The molecule has 1 aliphatic carbocycles. The molecule has 0 bridgehead atoms. The Kier molecular flexibility index (Phi) is 6.50. The lowest BCUT2D eigenvalue weighted by atomic mass is 10.1. The Balaban J connectivity index is 1.41. The van der Waals surface area contributed by atoms with Crippen LogP contribution in [0.5, 0.6) is 0 Å². The molecular weight excluding hydrogens is 473 g/mol. The highest BCUT2D eigenvalue weighted by Gasteiger charge is 2.41. The SMILES string of the molecule is NC(=O)c1c(NC(=O)COC(=O)[C@H]2CCCN2S(=O)(=O)c2ccccc2F)sc2c1CCC2. The molecule has 0 unspecified atom stereocenters. The summed E-state index contributed by atoms with van der Waals surface area (Å²) in [5.41, 5.74) is 6.60. The van der Waals surface area contributed by atoms with E-state index in [4.69, 9.17) is 10.5 Å². The number of hydrogen-bond donors (Lipinski definition) is 2. The van der Waals surface area contributed by atoms with Gasteiger partial charge in [0.15, 0.2) is 6.61 Å². The van der Waals surface area contributed by atoms with E-state index >= 15 is 0 Å². The molecular formula is C21H22FN3O6S2. The smallest absolute Gasteiger partial charge is 0.324 e. The zero-order chi connectivity index (χ0) is 23.8. The molecule has 1 aromatic heterocycles. The summed E-state index contributed by atoms with van der Waals surface area (Å²) in [7, 11) is -4.26. The Bertz CT molecular complexity index is 1230. The average Bonchev–Trinajstić information content (AvgIpc) is 3.48. The minimum Gasteiger partial charge on any atom is -0.454 e. The van der Waals surface area contributed by atoms with E-state index in [1.165, 1.54) is 23.5 Å². The van der Waals surface area contributed by atoms with Gasteiger partial charge in [-0.05, 0) is 49.8 Å². The molecule has 1 fully saturated rings. The van der Waals surface area contributed by atoms with Crippen molar-refractivity contribution in [3.05, 3.63) is 46.1 Å². The molecule has 0 saturated carbocycles. The van der Waals surface area contributed by atoms with Crippen LogP contribution < -0.4 is 11.1 Å². The predicted octanol–water partition coefficient (Wildman–Crippen LogP) is 1.81. The van der Waals surface area contributed by atoms with Gasteiger partial charge in [-0.25, -0.2) is 12.8 Å². The number of amides is 2. The second kappa shape index (κ2) is 9.20. The molecule has 2 aromatic rings. The Labute approximate surface area is 193 Å². The lowest BCUT2D eigenvalue weighted by molar-refractivity contribution is -0.150. The number of thiophene rings is 1. The van der Waals surface area contributed by atoms with E-state index in [2.05, 4.69) is 5.32 Å². The number of carbonyl (C=O) groups excluding carboxylic acids is 3. The molecule has 4 rings (SSSR count). The summed E-state index contributed by atoms with van der Waals surface area (Å²) < 4.78 is 45.8. The average molecular weight is 496 g/mol. The van der Waals surface area contributed by atoms with Gasteiger partial charge in [0.05, 0.1) is 5.56 Å². The van der Waals surface area contributed by atoms with Crippen LogP contribution in [0.2, 0.25) is 0 Å². The zero-order valence-electron chi connectivity index (χ0n) is 17.5. The number of anilines is 1. The van der Waals surface area contributed by atoms with Gasteiger partial charge in [-0.1, -0.05) is 12.1 Å². The molecule has 0 radical (unpaired) electrons. The molecule has 9 nitrogen and oxygen atoms in total. The normalized spacial score (nSPS) is 18.2. The number of nitrogens with two attached hydrogens (primary N) is 1. The van der Waals surface area contributed by atoms with Crippen LogP contribution in [0.3, 0.4) is 0 Å². The number of benzene rings is 1. The minimum atomic E-state index is -4.26. The van der Waals surface area contributed by atoms with E-state index < -0.39 is 51.2 Å². The number of halogens is 1. The first-order valence-corrected chi connectivity index (χ1v) is 12.6. The summed E-state index contributed by atoms with van der Waals surface area (Å²) in [4.78, 5) is 37.3. The first-order chi connectivity index (χ1) is 15.7. The van der Waals surface area contributed by atoms with Gasteiger partial charge in [-0.15, -0.1) is 11.3 Å². The van der Waals surface area contributed by atoms with Crippen molar-refractivity contribution in [3.8, 4) is 0 Å². The fourth-order valence-electron chi connectivity index (χ4n) is 4.19. The highest BCUT2D eigenvalue weighted by Crippen LogP contribution is 2.38. The largest absolute Gasteiger partial charge is 0.454 e. The van der Waals surface area contributed by atoms with Crippen molar-refractivity contribution in [2.24, 2.45) is 5.73 Å². The number of aryl methyl sites for hydroxylation is 1. The Hall–Kier alpha value is -2.83. The van der Waals surface area contributed by atoms with Crippen LogP contribution in [0, 0.1) is 5.82 Å².